The van der Waals surface area contributed by atoms with Crippen molar-refractivity contribution in [3.8, 4) is 6.07 Å². The fourth-order valence-electron chi connectivity index (χ4n) is 3.50. The Morgan fingerprint density at radius 2 is 2.27 bits per heavy atom. The quantitative estimate of drug-likeness (QED) is 0.796. The number of aromatic nitrogens is 1. The van der Waals surface area contributed by atoms with Crippen molar-refractivity contribution in [2.45, 2.75) is 45.1 Å². The highest BCUT2D eigenvalue weighted by Gasteiger charge is 2.70. The number of ether oxygens (including phenoxy) is 1. The Bertz CT molecular complexity index is 640. The minimum atomic E-state index is -0.627. The maximum absolute atomic E-state index is 12.2. The van der Waals surface area contributed by atoms with Crippen LogP contribution in [0, 0.1) is 30.1 Å². The largest absolute Gasteiger partial charge is 0.444 e. The second-order valence-electron chi connectivity index (χ2n) is 7.24. The van der Waals surface area contributed by atoms with Crippen LogP contribution < -0.4 is 0 Å². The molecule has 22 heavy (non-hydrogen) atoms. The van der Waals surface area contributed by atoms with E-state index in [0.29, 0.717) is 18.8 Å². The standard InChI is InChI=1S/C16H21N3O3/c1-10-7-13(22-18-10)16(9-17)11-5-6-19(8-12(11)16)14(20)21-15(2,3)4/h7,11-12H,5-6,8H2,1-4H3. The third-order valence-electron chi connectivity index (χ3n) is 4.55. The second kappa shape index (κ2) is 4.73. The Morgan fingerprint density at radius 1 is 1.55 bits per heavy atom. The first-order valence-electron chi connectivity index (χ1n) is 7.61. The lowest BCUT2D eigenvalue weighted by molar-refractivity contribution is 0.0206. The van der Waals surface area contributed by atoms with Crippen LogP contribution in [0.2, 0.25) is 0 Å². The zero-order valence-corrected chi connectivity index (χ0v) is 13.4. The molecule has 2 heterocycles. The summed E-state index contributed by atoms with van der Waals surface area (Å²) in [6.07, 6.45) is 0.482. The van der Waals surface area contributed by atoms with Gasteiger partial charge in [0.15, 0.2) is 5.76 Å². The number of nitrogens with zero attached hydrogens (tertiary/aromatic N) is 3. The molecule has 1 saturated carbocycles. The summed E-state index contributed by atoms with van der Waals surface area (Å²) in [5.74, 6) is 0.975. The SMILES string of the molecule is Cc1cc(C2(C#N)C3CCN(C(=O)OC(C)(C)C)CC32)on1. The predicted octanol–water partition coefficient (Wildman–Crippen LogP) is 2.63. The van der Waals surface area contributed by atoms with Crippen molar-refractivity contribution in [2.75, 3.05) is 13.1 Å². The van der Waals surface area contributed by atoms with Gasteiger partial charge in [-0.3, -0.25) is 0 Å². The van der Waals surface area contributed by atoms with E-state index in [1.165, 1.54) is 0 Å². The Kier molecular flexibility index (Phi) is 3.20. The van der Waals surface area contributed by atoms with E-state index in [1.54, 1.807) is 4.90 Å². The number of carbonyl (C=O) groups excluding carboxylic acids is 1. The number of hydrogen-bond donors (Lipinski definition) is 0. The Morgan fingerprint density at radius 3 is 2.82 bits per heavy atom. The molecule has 0 bridgehead atoms. The number of carbonyl (C=O) groups is 1. The molecule has 0 spiro atoms. The highest BCUT2D eigenvalue weighted by atomic mass is 16.6. The molecule has 1 aliphatic heterocycles. The first-order chi connectivity index (χ1) is 10.3. The predicted molar refractivity (Wildman–Crippen MR) is 77.9 cm³/mol. The lowest BCUT2D eigenvalue weighted by Gasteiger charge is -2.29. The molecule has 0 aromatic carbocycles. The summed E-state index contributed by atoms with van der Waals surface area (Å²) in [5, 5.41) is 13.6. The highest BCUT2D eigenvalue weighted by Crippen LogP contribution is 2.63. The van der Waals surface area contributed by atoms with Crippen molar-refractivity contribution < 1.29 is 14.1 Å². The van der Waals surface area contributed by atoms with Crippen LogP contribution in [0.15, 0.2) is 10.6 Å². The molecule has 0 radical (unpaired) electrons. The fourth-order valence-corrected chi connectivity index (χ4v) is 3.50. The second-order valence-corrected chi connectivity index (χ2v) is 7.24. The molecule has 6 nitrogen and oxygen atoms in total. The van der Waals surface area contributed by atoms with E-state index in [0.717, 1.165) is 12.1 Å². The molecule has 0 N–H and O–H groups in total. The van der Waals surface area contributed by atoms with Gasteiger partial charge in [-0.05, 0) is 40.0 Å². The van der Waals surface area contributed by atoms with Gasteiger partial charge in [0.05, 0.1) is 11.8 Å². The van der Waals surface area contributed by atoms with E-state index in [9.17, 15) is 10.1 Å². The summed E-state index contributed by atoms with van der Waals surface area (Å²) in [7, 11) is 0. The number of nitriles is 1. The van der Waals surface area contributed by atoms with Crippen LogP contribution in [0.1, 0.15) is 38.6 Å². The zero-order valence-electron chi connectivity index (χ0n) is 13.4. The first-order valence-corrected chi connectivity index (χ1v) is 7.61. The molecule has 3 atom stereocenters. The molecular weight excluding hydrogens is 282 g/mol. The highest BCUT2D eigenvalue weighted by molar-refractivity contribution is 5.68. The third kappa shape index (κ3) is 2.25. The minimum Gasteiger partial charge on any atom is -0.444 e. The van der Waals surface area contributed by atoms with Crippen molar-refractivity contribution in [1.82, 2.24) is 10.1 Å². The van der Waals surface area contributed by atoms with E-state index in [-0.39, 0.29) is 17.9 Å². The summed E-state index contributed by atoms with van der Waals surface area (Å²) in [5.41, 5.74) is -0.360. The van der Waals surface area contributed by atoms with E-state index in [4.69, 9.17) is 9.26 Å². The smallest absolute Gasteiger partial charge is 0.410 e. The van der Waals surface area contributed by atoms with Gasteiger partial charge in [0.25, 0.3) is 0 Å². The van der Waals surface area contributed by atoms with Gasteiger partial charge in [0, 0.05) is 25.1 Å². The van der Waals surface area contributed by atoms with Gasteiger partial charge in [-0.2, -0.15) is 5.26 Å². The van der Waals surface area contributed by atoms with Crippen LogP contribution in [0.3, 0.4) is 0 Å². The van der Waals surface area contributed by atoms with Crippen LogP contribution in [-0.2, 0) is 10.2 Å². The number of amides is 1. The Hall–Kier alpha value is -2.03. The lowest BCUT2D eigenvalue weighted by atomic mass is 9.99. The van der Waals surface area contributed by atoms with Crippen molar-refractivity contribution in [1.29, 1.82) is 5.26 Å². The number of aryl methyl sites for hydroxylation is 1. The molecule has 1 aromatic rings. The molecule has 3 rings (SSSR count). The van der Waals surface area contributed by atoms with E-state index >= 15 is 0 Å². The Balaban J connectivity index is 1.75. The zero-order chi connectivity index (χ0) is 16.1. The molecular formula is C16H21N3O3. The monoisotopic (exact) mass is 303 g/mol. The fraction of sp³-hybridized carbons (Fsp3) is 0.688. The minimum absolute atomic E-state index is 0.103. The number of rotatable bonds is 1. The van der Waals surface area contributed by atoms with Gasteiger partial charge in [-0.1, -0.05) is 5.16 Å². The van der Waals surface area contributed by atoms with Crippen LogP contribution in [0.25, 0.3) is 0 Å². The number of piperidine rings is 1. The van der Waals surface area contributed by atoms with Gasteiger partial charge in [0.1, 0.15) is 11.0 Å². The summed E-state index contributed by atoms with van der Waals surface area (Å²) in [4.78, 5) is 13.9. The van der Waals surface area contributed by atoms with Gasteiger partial charge in [-0.25, -0.2) is 4.79 Å². The van der Waals surface area contributed by atoms with Crippen molar-refractivity contribution >= 4 is 6.09 Å². The molecule has 2 fully saturated rings. The van der Waals surface area contributed by atoms with Crippen LogP contribution in [0.4, 0.5) is 4.79 Å². The molecule has 6 heteroatoms. The van der Waals surface area contributed by atoms with Crippen molar-refractivity contribution in [3.63, 3.8) is 0 Å². The summed E-state index contributed by atoms with van der Waals surface area (Å²) >= 11 is 0. The first kappa shape index (κ1) is 14.9. The third-order valence-corrected chi connectivity index (χ3v) is 4.55. The molecule has 2 aliphatic rings. The molecule has 1 aliphatic carbocycles. The van der Waals surface area contributed by atoms with E-state index in [1.807, 2.05) is 33.8 Å². The number of hydrogen-bond acceptors (Lipinski definition) is 5. The average molecular weight is 303 g/mol. The molecule has 118 valence electrons. The summed E-state index contributed by atoms with van der Waals surface area (Å²) in [6.45, 7) is 8.56. The molecule has 1 saturated heterocycles. The van der Waals surface area contributed by atoms with Gasteiger partial charge < -0.3 is 14.2 Å². The van der Waals surface area contributed by atoms with Crippen molar-refractivity contribution in [2.24, 2.45) is 11.8 Å². The van der Waals surface area contributed by atoms with Crippen molar-refractivity contribution in [3.05, 3.63) is 17.5 Å². The number of likely N-dealkylation sites (tertiary alicyclic amines) is 1. The normalized spacial score (nSPS) is 30.4. The van der Waals surface area contributed by atoms with E-state index in [2.05, 4.69) is 11.2 Å². The van der Waals surface area contributed by atoms with Crippen LogP contribution >= 0.6 is 0 Å². The topological polar surface area (TPSA) is 79.4 Å². The number of fused-ring (bicyclic) bond motifs is 1. The summed E-state index contributed by atoms with van der Waals surface area (Å²) < 4.78 is 10.8. The Labute approximate surface area is 130 Å². The van der Waals surface area contributed by atoms with Gasteiger partial charge in [0.2, 0.25) is 0 Å². The molecule has 3 unspecified atom stereocenters. The lowest BCUT2D eigenvalue weighted by Crippen LogP contribution is -2.40. The van der Waals surface area contributed by atoms with Crippen LogP contribution in [-0.4, -0.2) is 34.8 Å². The molecule has 1 amide bonds. The van der Waals surface area contributed by atoms with Gasteiger partial charge >= 0.3 is 6.09 Å². The average Bonchev–Trinajstić information content (AvgIpc) is 2.89. The summed E-state index contributed by atoms with van der Waals surface area (Å²) in [6, 6.07) is 4.25. The maximum atomic E-state index is 12.2. The van der Waals surface area contributed by atoms with Gasteiger partial charge in [-0.15, -0.1) is 0 Å². The van der Waals surface area contributed by atoms with Crippen LogP contribution in [0.5, 0.6) is 0 Å². The maximum Gasteiger partial charge on any atom is 0.410 e. The van der Waals surface area contributed by atoms with E-state index < -0.39 is 11.0 Å². The molecule has 1 aromatic heterocycles.